The van der Waals surface area contributed by atoms with Crippen LogP contribution < -0.4 is 10.9 Å². The molecule has 2 atom stereocenters. The highest BCUT2D eigenvalue weighted by molar-refractivity contribution is 5.60. The number of nitrogens with zero attached hydrogens (tertiary/aromatic N) is 3. The van der Waals surface area contributed by atoms with Gasteiger partial charge in [0, 0.05) is 18.2 Å². The zero-order valence-electron chi connectivity index (χ0n) is 20.4. The van der Waals surface area contributed by atoms with Crippen LogP contribution in [0.2, 0.25) is 0 Å². The molecule has 0 aliphatic heterocycles. The predicted molar refractivity (Wildman–Crippen MR) is 137 cm³/mol. The minimum atomic E-state index is -0.201. The molecule has 1 aliphatic carbocycles. The summed E-state index contributed by atoms with van der Waals surface area (Å²) < 4.78 is 1.61. The lowest BCUT2D eigenvalue weighted by Gasteiger charge is -2.19. The third-order valence-corrected chi connectivity index (χ3v) is 6.96. The maximum atomic E-state index is 12.0. The van der Waals surface area contributed by atoms with Crippen LogP contribution in [0.25, 0.3) is 17.0 Å². The smallest absolute Gasteiger partial charge is 0.266 e. The summed E-state index contributed by atoms with van der Waals surface area (Å²) in [6, 6.07) is 18.7. The average molecular weight is 456 g/mol. The molecule has 2 heterocycles. The van der Waals surface area contributed by atoms with Crippen LogP contribution in [-0.2, 0) is 12.0 Å². The van der Waals surface area contributed by atoms with Crippen LogP contribution in [0.4, 0.5) is 5.95 Å². The van der Waals surface area contributed by atoms with E-state index in [1.165, 1.54) is 42.0 Å². The van der Waals surface area contributed by atoms with Gasteiger partial charge in [0.25, 0.3) is 5.56 Å². The standard InChI is InChI=1S/C28H33N5O/c1-18-5-8-22(15-18)20-9-6-19(7-10-20)17-29-27-31-26(30-24-16-25(34)32-33(24)27)21-11-13-23(14-12-21)28(2,3)4/h6-7,9-14,16,18,22H,5,8,15,17H2,1-4H3,(H,32,34)(H,29,30,31). The van der Waals surface area contributed by atoms with Gasteiger partial charge in [0.15, 0.2) is 11.5 Å². The lowest BCUT2D eigenvalue weighted by molar-refractivity contribution is 0.590. The van der Waals surface area contributed by atoms with Gasteiger partial charge in [-0.2, -0.15) is 4.98 Å². The molecule has 2 unspecified atom stereocenters. The number of nitrogens with one attached hydrogen (secondary N) is 2. The van der Waals surface area contributed by atoms with E-state index in [4.69, 9.17) is 4.98 Å². The van der Waals surface area contributed by atoms with Crippen molar-refractivity contribution in [2.45, 2.75) is 64.8 Å². The minimum Gasteiger partial charge on any atom is -0.350 e. The largest absolute Gasteiger partial charge is 0.350 e. The molecule has 176 valence electrons. The van der Waals surface area contributed by atoms with E-state index in [-0.39, 0.29) is 11.0 Å². The summed E-state index contributed by atoms with van der Waals surface area (Å²) in [6.45, 7) is 9.54. The fourth-order valence-electron chi connectivity index (χ4n) is 4.87. The Morgan fingerprint density at radius 1 is 1.03 bits per heavy atom. The molecule has 0 amide bonds. The first-order valence-electron chi connectivity index (χ1n) is 12.2. The molecule has 6 heteroatoms. The number of hydrogen-bond acceptors (Lipinski definition) is 4. The summed E-state index contributed by atoms with van der Waals surface area (Å²) in [7, 11) is 0. The summed E-state index contributed by atoms with van der Waals surface area (Å²) in [4.78, 5) is 21.4. The SMILES string of the molecule is CC1CCC(c2ccc(CNc3nc(-c4ccc(C(C)(C)C)cc4)nc4cc(=O)[nH]n34)cc2)C1. The van der Waals surface area contributed by atoms with Crippen LogP contribution in [0.5, 0.6) is 0 Å². The van der Waals surface area contributed by atoms with Gasteiger partial charge in [-0.1, -0.05) is 82.6 Å². The van der Waals surface area contributed by atoms with Crippen LogP contribution in [0, 0.1) is 5.92 Å². The Labute approximate surface area is 200 Å². The molecule has 0 saturated heterocycles. The number of hydrogen-bond donors (Lipinski definition) is 2. The maximum absolute atomic E-state index is 12.0. The third-order valence-electron chi connectivity index (χ3n) is 6.96. The number of fused-ring (bicyclic) bond motifs is 1. The highest BCUT2D eigenvalue weighted by Gasteiger charge is 2.22. The summed E-state index contributed by atoms with van der Waals surface area (Å²) in [5.41, 5.74) is 5.21. The second-order valence-electron chi connectivity index (χ2n) is 10.7. The van der Waals surface area contributed by atoms with E-state index in [0.29, 0.717) is 29.9 Å². The van der Waals surface area contributed by atoms with Gasteiger partial charge in [0.1, 0.15) is 0 Å². The summed E-state index contributed by atoms with van der Waals surface area (Å²) in [6.07, 6.45) is 3.91. The Balaban J connectivity index is 1.39. The van der Waals surface area contributed by atoms with Crippen molar-refractivity contribution in [3.8, 4) is 11.4 Å². The first-order valence-corrected chi connectivity index (χ1v) is 12.2. The highest BCUT2D eigenvalue weighted by atomic mass is 16.1. The van der Waals surface area contributed by atoms with Gasteiger partial charge >= 0.3 is 0 Å². The van der Waals surface area contributed by atoms with E-state index in [2.05, 4.69) is 79.5 Å². The second kappa shape index (κ2) is 8.75. The fourth-order valence-corrected chi connectivity index (χ4v) is 4.87. The van der Waals surface area contributed by atoms with Crippen LogP contribution in [-0.4, -0.2) is 19.6 Å². The monoisotopic (exact) mass is 455 g/mol. The van der Waals surface area contributed by atoms with Gasteiger partial charge in [-0.05, 0) is 46.8 Å². The Morgan fingerprint density at radius 3 is 2.41 bits per heavy atom. The molecule has 0 bridgehead atoms. The molecule has 2 N–H and O–H groups in total. The van der Waals surface area contributed by atoms with Crippen molar-refractivity contribution in [1.82, 2.24) is 19.6 Å². The van der Waals surface area contributed by atoms with E-state index in [1.54, 1.807) is 4.52 Å². The molecule has 6 nitrogen and oxygen atoms in total. The normalized spacial score (nSPS) is 18.5. The van der Waals surface area contributed by atoms with Crippen LogP contribution in [0.1, 0.15) is 69.6 Å². The zero-order valence-corrected chi connectivity index (χ0v) is 20.4. The van der Waals surface area contributed by atoms with Crippen molar-refractivity contribution in [2.24, 2.45) is 5.92 Å². The number of anilines is 1. The molecule has 0 radical (unpaired) electrons. The quantitative estimate of drug-likeness (QED) is 0.393. The van der Waals surface area contributed by atoms with Crippen molar-refractivity contribution in [3.63, 3.8) is 0 Å². The summed E-state index contributed by atoms with van der Waals surface area (Å²) >= 11 is 0. The van der Waals surface area contributed by atoms with Gasteiger partial charge < -0.3 is 5.32 Å². The molecule has 34 heavy (non-hydrogen) atoms. The number of aromatic nitrogens is 4. The number of rotatable bonds is 5. The number of benzene rings is 2. The lowest BCUT2D eigenvalue weighted by Crippen LogP contribution is -2.12. The Bertz CT molecular complexity index is 1340. The van der Waals surface area contributed by atoms with E-state index in [1.807, 2.05) is 12.1 Å². The minimum absolute atomic E-state index is 0.0789. The summed E-state index contributed by atoms with van der Waals surface area (Å²) in [5.74, 6) is 2.67. The molecule has 1 fully saturated rings. The van der Waals surface area contributed by atoms with Crippen molar-refractivity contribution < 1.29 is 0 Å². The van der Waals surface area contributed by atoms with Crippen molar-refractivity contribution in [3.05, 3.63) is 81.6 Å². The number of H-pyrrole nitrogens is 1. The molecular formula is C28H33N5O. The van der Waals surface area contributed by atoms with Gasteiger partial charge in [0.05, 0.1) is 0 Å². The maximum Gasteiger partial charge on any atom is 0.266 e. The molecule has 2 aromatic carbocycles. The van der Waals surface area contributed by atoms with E-state index < -0.39 is 0 Å². The Kier molecular flexibility index (Phi) is 5.76. The van der Waals surface area contributed by atoms with Gasteiger partial charge in [-0.15, -0.1) is 0 Å². The highest BCUT2D eigenvalue weighted by Crippen LogP contribution is 2.37. The van der Waals surface area contributed by atoms with Crippen molar-refractivity contribution in [2.75, 3.05) is 5.32 Å². The Morgan fingerprint density at radius 2 is 1.76 bits per heavy atom. The molecular weight excluding hydrogens is 422 g/mol. The van der Waals surface area contributed by atoms with Crippen molar-refractivity contribution >= 4 is 11.6 Å². The predicted octanol–water partition coefficient (Wildman–Crippen LogP) is 5.90. The first-order chi connectivity index (χ1) is 16.3. The fraction of sp³-hybridized carbons (Fsp3) is 0.393. The van der Waals surface area contributed by atoms with E-state index in [9.17, 15) is 4.79 Å². The van der Waals surface area contributed by atoms with Gasteiger partial charge in [-0.3, -0.25) is 9.89 Å². The Hall–Kier alpha value is -3.41. The molecule has 0 spiro atoms. The zero-order chi connectivity index (χ0) is 23.9. The molecule has 5 rings (SSSR count). The van der Waals surface area contributed by atoms with E-state index >= 15 is 0 Å². The molecule has 1 saturated carbocycles. The first kappa shape index (κ1) is 22.4. The van der Waals surface area contributed by atoms with Crippen LogP contribution in [0.3, 0.4) is 0 Å². The lowest BCUT2D eigenvalue weighted by atomic mass is 9.87. The van der Waals surface area contributed by atoms with Gasteiger partial charge in [0.2, 0.25) is 5.95 Å². The van der Waals surface area contributed by atoms with Crippen molar-refractivity contribution in [1.29, 1.82) is 0 Å². The topological polar surface area (TPSA) is 75.1 Å². The van der Waals surface area contributed by atoms with E-state index in [0.717, 1.165) is 11.5 Å². The third kappa shape index (κ3) is 4.63. The van der Waals surface area contributed by atoms with Gasteiger partial charge in [-0.25, -0.2) is 9.50 Å². The average Bonchev–Trinajstić information content (AvgIpc) is 3.42. The molecule has 2 aromatic heterocycles. The molecule has 4 aromatic rings. The summed E-state index contributed by atoms with van der Waals surface area (Å²) in [5, 5.41) is 6.20. The van der Waals surface area contributed by atoms with Crippen LogP contribution >= 0.6 is 0 Å². The molecule has 1 aliphatic rings. The second-order valence-corrected chi connectivity index (χ2v) is 10.7. The number of aromatic amines is 1. The van der Waals surface area contributed by atoms with Crippen LogP contribution in [0.15, 0.2) is 59.4 Å².